The van der Waals surface area contributed by atoms with E-state index in [4.69, 9.17) is 22.3 Å². The molecule has 8 N–H and O–H groups in total. The SMILES string of the molecule is NC(N)=[NH+]CCCC(N)C(=O)O.[CH3-]. The van der Waals surface area contributed by atoms with Crippen LogP contribution in [-0.2, 0) is 4.79 Å². The van der Waals surface area contributed by atoms with E-state index >= 15 is 0 Å². The van der Waals surface area contributed by atoms with Crippen LogP contribution in [0.4, 0.5) is 0 Å². The molecule has 0 aromatic carbocycles. The van der Waals surface area contributed by atoms with Crippen molar-refractivity contribution >= 4 is 11.9 Å². The molecular weight excluding hydrogens is 172 g/mol. The van der Waals surface area contributed by atoms with E-state index in [9.17, 15) is 4.79 Å². The lowest BCUT2D eigenvalue weighted by atomic mass is 10.2. The number of rotatable bonds is 5. The van der Waals surface area contributed by atoms with Crippen LogP contribution in [0, 0.1) is 7.43 Å². The first-order chi connectivity index (χ1) is 5.54. The molecule has 0 bridgehead atoms. The van der Waals surface area contributed by atoms with Crippen LogP contribution in [0.15, 0.2) is 0 Å². The quantitative estimate of drug-likeness (QED) is 0.136. The topological polar surface area (TPSA) is 129 Å². The highest BCUT2D eigenvalue weighted by molar-refractivity contribution is 5.72. The molecule has 1 unspecified atom stereocenters. The Hall–Kier alpha value is -1.30. The van der Waals surface area contributed by atoms with Crippen molar-refractivity contribution in [1.29, 1.82) is 0 Å². The summed E-state index contributed by atoms with van der Waals surface area (Å²) in [5.74, 6) is -0.849. The molecule has 13 heavy (non-hydrogen) atoms. The number of nitrogens with one attached hydrogen (secondary N) is 1. The first kappa shape index (κ1) is 14.2. The molecule has 0 saturated carbocycles. The van der Waals surface area contributed by atoms with Gasteiger partial charge in [-0.2, -0.15) is 0 Å². The lowest BCUT2D eigenvalue weighted by molar-refractivity contribution is -0.459. The molecule has 0 spiro atoms. The van der Waals surface area contributed by atoms with Crippen molar-refractivity contribution in [3.8, 4) is 0 Å². The molecule has 0 aromatic heterocycles. The van der Waals surface area contributed by atoms with Gasteiger partial charge in [-0.05, 0) is 12.8 Å². The molecule has 0 radical (unpaired) electrons. The number of hydrogen-bond acceptors (Lipinski definition) is 2. The van der Waals surface area contributed by atoms with Crippen LogP contribution < -0.4 is 22.2 Å². The van der Waals surface area contributed by atoms with Crippen molar-refractivity contribution in [1.82, 2.24) is 0 Å². The van der Waals surface area contributed by atoms with Gasteiger partial charge in [-0.1, -0.05) is 0 Å². The maximum Gasteiger partial charge on any atom is 0.338 e. The molecule has 0 aromatic rings. The molecule has 0 aliphatic heterocycles. The zero-order valence-corrected chi connectivity index (χ0v) is 7.79. The van der Waals surface area contributed by atoms with Crippen molar-refractivity contribution in [2.24, 2.45) is 17.2 Å². The lowest BCUT2D eigenvalue weighted by Crippen LogP contribution is -2.78. The van der Waals surface area contributed by atoms with Gasteiger partial charge in [0.05, 0.1) is 6.54 Å². The zero-order chi connectivity index (χ0) is 9.56. The van der Waals surface area contributed by atoms with Gasteiger partial charge in [-0.25, -0.2) is 0 Å². The third kappa shape index (κ3) is 8.61. The number of carboxylic acid groups (broad SMARTS) is 1. The summed E-state index contributed by atoms with van der Waals surface area (Å²) >= 11 is 0. The number of guanidine groups is 1. The molecule has 0 saturated heterocycles. The highest BCUT2D eigenvalue weighted by Crippen LogP contribution is 1.90. The molecule has 0 fully saturated rings. The van der Waals surface area contributed by atoms with Crippen LogP contribution in [-0.4, -0.2) is 29.6 Å². The van der Waals surface area contributed by atoms with Gasteiger partial charge >= 0.3 is 11.9 Å². The fourth-order valence-corrected chi connectivity index (χ4v) is 0.678. The van der Waals surface area contributed by atoms with E-state index in [1.165, 1.54) is 0 Å². The summed E-state index contributed by atoms with van der Waals surface area (Å²) in [4.78, 5) is 12.9. The van der Waals surface area contributed by atoms with Gasteiger partial charge < -0.3 is 18.3 Å². The first-order valence-corrected chi connectivity index (χ1v) is 3.64. The van der Waals surface area contributed by atoms with Gasteiger partial charge in [-0.3, -0.25) is 21.3 Å². The van der Waals surface area contributed by atoms with Gasteiger partial charge in [0.1, 0.15) is 6.04 Å². The number of carbonyl (C=O) groups is 1. The summed E-state index contributed by atoms with van der Waals surface area (Å²) in [5.41, 5.74) is 15.4. The van der Waals surface area contributed by atoms with Crippen molar-refractivity contribution in [2.75, 3.05) is 6.54 Å². The van der Waals surface area contributed by atoms with Crippen molar-refractivity contribution in [2.45, 2.75) is 18.9 Å². The number of hydrogen-bond donors (Lipinski definition) is 5. The van der Waals surface area contributed by atoms with E-state index in [2.05, 4.69) is 4.99 Å². The van der Waals surface area contributed by atoms with E-state index in [-0.39, 0.29) is 13.4 Å². The Morgan fingerprint density at radius 1 is 1.46 bits per heavy atom. The molecule has 6 nitrogen and oxygen atoms in total. The minimum Gasteiger partial charge on any atom is -0.480 e. The van der Waals surface area contributed by atoms with E-state index < -0.39 is 12.0 Å². The molecule has 0 heterocycles. The molecule has 0 aliphatic carbocycles. The summed E-state index contributed by atoms with van der Waals surface area (Å²) in [6, 6.07) is -0.800. The Labute approximate surface area is 77.8 Å². The third-order valence-electron chi connectivity index (χ3n) is 1.34. The molecule has 1 atom stereocenters. The van der Waals surface area contributed by atoms with Gasteiger partial charge in [0.25, 0.3) is 0 Å². The molecule has 0 aliphatic rings. The van der Waals surface area contributed by atoms with Crippen molar-refractivity contribution < 1.29 is 14.9 Å². The van der Waals surface area contributed by atoms with Gasteiger partial charge in [0.15, 0.2) is 0 Å². The standard InChI is InChI=1S/C6H14N4O2.CH3/c7-4(5(11)12)2-1-3-10-6(8)9;/h4H,1-3,7H2,(H,11,12)(H4,8,9,10);1H3/q;-1/p+1. The van der Waals surface area contributed by atoms with E-state index in [0.29, 0.717) is 19.4 Å². The highest BCUT2D eigenvalue weighted by atomic mass is 16.4. The monoisotopic (exact) mass is 190 g/mol. The second-order valence-electron chi connectivity index (χ2n) is 2.47. The van der Waals surface area contributed by atoms with Gasteiger partial charge in [0.2, 0.25) is 0 Å². The van der Waals surface area contributed by atoms with Crippen LogP contribution in [0.1, 0.15) is 12.8 Å². The van der Waals surface area contributed by atoms with E-state index in [1.54, 1.807) is 0 Å². The molecule has 0 amide bonds. The molecule has 0 rings (SSSR count). The predicted molar refractivity (Wildman–Crippen MR) is 50.5 cm³/mol. The second kappa shape index (κ2) is 7.35. The van der Waals surface area contributed by atoms with Gasteiger partial charge in [-0.15, -0.1) is 0 Å². The molecule has 6 heteroatoms. The van der Waals surface area contributed by atoms with Crippen LogP contribution in [0.2, 0.25) is 0 Å². The fraction of sp³-hybridized carbons (Fsp3) is 0.571. The predicted octanol–water partition coefficient (Wildman–Crippen LogP) is -3.02. The minimum absolute atomic E-state index is 0. The first-order valence-electron chi connectivity index (χ1n) is 3.64. The molecular formula is C7H18N4O2. The average molecular weight is 190 g/mol. The number of aliphatic carboxylic acids is 1. The Morgan fingerprint density at radius 2 is 2.00 bits per heavy atom. The average Bonchev–Trinajstić information content (AvgIpc) is 1.97. The third-order valence-corrected chi connectivity index (χ3v) is 1.34. The number of carboxylic acids is 1. The summed E-state index contributed by atoms with van der Waals surface area (Å²) in [7, 11) is 0. The fourth-order valence-electron chi connectivity index (χ4n) is 0.678. The van der Waals surface area contributed by atoms with E-state index in [0.717, 1.165) is 0 Å². The van der Waals surface area contributed by atoms with Crippen LogP contribution in [0.3, 0.4) is 0 Å². The minimum atomic E-state index is -0.986. The second-order valence-corrected chi connectivity index (χ2v) is 2.47. The van der Waals surface area contributed by atoms with Gasteiger partial charge in [0, 0.05) is 0 Å². The lowest BCUT2D eigenvalue weighted by Gasteiger charge is -2.02. The zero-order valence-electron chi connectivity index (χ0n) is 7.79. The summed E-state index contributed by atoms with van der Waals surface area (Å²) in [5, 5.41) is 8.39. The summed E-state index contributed by atoms with van der Waals surface area (Å²) in [6.45, 7) is 0.545. The Morgan fingerprint density at radius 3 is 2.38 bits per heavy atom. The molecule has 78 valence electrons. The van der Waals surface area contributed by atoms with Crippen LogP contribution in [0.5, 0.6) is 0 Å². The Bertz CT molecular complexity index is 177. The normalized spacial score (nSPS) is 11.2. The van der Waals surface area contributed by atoms with Crippen LogP contribution >= 0.6 is 0 Å². The maximum absolute atomic E-state index is 10.2. The van der Waals surface area contributed by atoms with Crippen molar-refractivity contribution in [3.05, 3.63) is 7.43 Å². The highest BCUT2D eigenvalue weighted by Gasteiger charge is 2.09. The van der Waals surface area contributed by atoms with E-state index in [1.807, 2.05) is 0 Å². The smallest absolute Gasteiger partial charge is 0.338 e. The Kier molecular flexibility index (Phi) is 8.05. The largest absolute Gasteiger partial charge is 0.480 e. The summed E-state index contributed by atoms with van der Waals surface area (Å²) < 4.78 is 0. The summed E-state index contributed by atoms with van der Waals surface area (Å²) in [6.07, 6.45) is 1.04. The van der Waals surface area contributed by atoms with Crippen LogP contribution in [0.25, 0.3) is 0 Å². The maximum atomic E-state index is 10.2. The van der Waals surface area contributed by atoms with Crippen molar-refractivity contribution in [3.63, 3.8) is 0 Å². The Balaban J connectivity index is 0. The number of nitrogens with two attached hydrogens (primary N) is 3.